The van der Waals surface area contributed by atoms with Crippen LogP contribution in [0.4, 0.5) is 16.3 Å². The van der Waals surface area contributed by atoms with Crippen LogP contribution in [0.25, 0.3) is 0 Å². The predicted octanol–water partition coefficient (Wildman–Crippen LogP) is 2.00. The Hall–Kier alpha value is -2.24. The molecule has 0 fully saturated rings. The molecule has 6 heteroatoms. The van der Waals surface area contributed by atoms with Crippen molar-refractivity contribution in [2.24, 2.45) is 0 Å². The number of anilines is 2. The number of nitrogens with one attached hydrogen (secondary N) is 1. The molecule has 0 radical (unpaired) electrons. The number of fused-ring (bicyclic) bond motifs is 1. The van der Waals surface area contributed by atoms with E-state index in [9.17, 15) is 4.39 Å². The fourth-order valence-electron chi connectivity index (χ4n) is 2.45. The fourth-order valence-corrected chi connectivity index (χ4v) is 2.45. The lowest BCUT2D eigenvalue weighted by atomic mass is 10.1. The van der Waals surface area contributed by atoms with Crippen molar-refractivity contribution in [1.82, 2.24) is 15.0 Å². The number of nitrogen functional groups attached to an aromatic ring is 1. The highest BCUT2D eigenvalue weighted by Crippen LogP contribution is 2.33. The zero-order valence-corrected chi connectivity index (χ0v) is 10.5. The zero-order valence-electron chi connectivity index (χ0n) is 10.5. The highest BCUT2D eigenvalue weighted by atomic mass is 19.1. The molecule has 1 atom stereocenters. The lowest BCUT2D eigenvalue weighted by Gasteiger charge is -2.14. The first-order chi connectivity index (χ1) is 9.11. The smallest absolute Gasteiger partial charge is 0.228 e. The Bertz CT molecular complexity index is 608. The Morgan fingerprint density at radius 1 is 1.32 bits per heavy atom. The van der Waals surface area contributed by atoms with Crippen molar-refractivity contribution in [3.8, 4) is 0 Å². The van der Waals surface area contributed by atoms with Crippen LogP contribution in [0.3, 0.4) is 0 Å². The van der Waals surface area contributed by atoms with Crippen LogP contribution in [0.1, 0.15) is 29.4 Å². The summed E-state index contributed by atoms with van der Waals surface area (Å²) in [6.45, 7) is 1.76. The minimum Gasteiger partial charge on any atom is -0.368 e. The second-order valence-electron chi connectivity index (χ2n) is 4.64. The Balaban J connectivity index is 1.88. The summed E-state index contributed by atoms with van der Waals surface area (Å²) in [5, 5.41) is 3.20. The second kappa shape index (κ2) is 4.46. The van der Waals surface area contributed by atoms with Crippen molar-refractivity contribution in [1.29, 1.82) is 0 Å². The van der Waals surface area contributed by atoms with E-state index >= 15 is 0 Å². The number of aromatic nitrogens is 3. The van der Waals surface area contributed by atoms with Crippen molar-refractivity contribution in [2.45, 2.75) is 25.8 Å². The van der Waals surface area contributed by atoms with Gasteiger partial charge in [-0.3, -0.25) is 0 Å². The number of rotatable bonds is 2. The predicted molar refractivity (Wildman–Crippen MR) is 70.1 cm³/mol. The van der Waals surface area contributed by atoms with Gasteiger partial charge in [0.15, 0.2) is 0 Å². The first-order valence-corrected chi connectivity index (χ1v) is 6.15. The maximum atomic E-state index is 13.3. The second-order valence-corrected chi connectivity index (χ2v) is 4.64. The highest BCUT2D eigenvalue weighted by Gasteiger charge is 2.23. The monoisotopic (exact) mass is 259 g/mol. The third kappa shape index (κ3) is 2.33. The number of hydrogen-bond acceptors (Lipinski definition) is 5. The molecule has 3 N–H and O–H groups in total. The zero-order chi connectivity index (χ0) is 13.4. The van der Waals surface area contributed by atoms with Crippen LogP contribution < -0.4 is 11.1 Å². The quantitative estimate of drug-likeness (QED) is 0.862. The summed E-state index contributed by atoms with van der Waals surface area (Å²) in [6.07, 6.45) is 1.82. The normalized spacial score (nSPS) is 17.3. The standard InChI is InChI=1S/C13H14FN5/c1-7-16-12(15)19-13(17-7)18-11-5-3-8-2-4-9(14)6-10(8)11/h2,4,6,11H,3,5H2,1H3,(H3,15,16,17,18,19). The average Bonchev–Trinajstić information content (AvgIpc) is 2.70. The van der Waals surface area contributed by atoms with E-state index < -0.39 is 0 Å². The van der Waals surface area contributed by atoms with Crippen LogP contribution in [0.15, 0.2) is 18.2 Å². The summed E-state index contributed by atoms with van der Waals surface area (Å²) >= 11 is 0. The molecule has 1 aliphatic carbocycles. The molecule has 19 heavy (non-hydrogen) atoms. The van der Waals surface area contributed by atoms with E-state index in [-0.39, 0.29) is 17.8 Å². The van der Waals surface area contributed by atoms with E-state index in [0.29, 0.717) is 11.8 Å². The molecule has 3 rings (SSSR count). The molecule has 0 bridgehead atoms. The third-order valence-electron chi connectivity index (χ3n) is 3.25. The highest BCUT2D eigenvalue weighted by molar-refractivity contribution is 5.42. The van der Waals surface area contributed by atoms with Gasteiger partial charge in [-0.25, -0.2) is 4.39 Å². The minimum atomic E-state index is -0.223. The summed E-state index contributed by atoms with van der Waals surface area (Å²) in [5.74, 6) is 0.964. The maximum Gasteiger partial charge on any atom is 0.228 e. The first-order valence-electron chi connectivity index (χ1n) is 6.15. The first kappa shape index (κ1) is 11.8. The SMILES string of the molecule is Cc1nc(N)nc(NC2CCc3ccc(F)cc32)n1. The molecule has 0 amide bonds. The summed E-state index contributed by atoms with van der Waals surface area (Å²) in [6, 6.07) is 4.91. The van der Waals surface area contributed by atoms with E-state index in [2.05, 4.69) is 20.3 Å². The molecule has 0 saturated carbocycles. The number of aryl methyl sites for hydroxylation is 2. The molecule has 2 aromatic rings. The third-order valence-corrected chi connectivity index (χ3v) is 3.25. The number of hydrogen-bond donors (Lipinski definition) is 2. The molecule has 0 aliphatic heterocycles. The van der Waals surface area contributed by atoms with Gasteiger partial charge in [0.2, 0.25) is 11.9 Å². The van der Waals surface area contributed by atoms with E-state index in [0.717, 1.165) is 24.0 Å². The Morgan fingerprint density at radius 3 is 2.95 bits per heavy atom. The largest absolute Gasteiger partial charge is 0.368 e. The van der Waals surface area contributed by atoms with Gasteiger partial charge in [-0.15, -0.1) is 0 Å². The van der Waals surface area contributed by atoms with Crippen molar-refractivity contribution >= 4 is 11.9 Å². The van der Waals surface area contributed by atoms with Crippen LogP contribution in [-0.2, 0) is 6.42 Å². The molecule has 0 spiro atoms. The van der Waals surface area contributed by atoms with Crippen LogP contribution in [0.5, 0.6) is 0 Å². The van der Waals surface area contributed by atoms with Gasteiger partial charge in [0, 0.05) is 0 Å². The minimum absolute atomic E-state index is 0.0203. The van der Waals surface area contributed by atoms with E-state index in [1.807, 2.05) is 6.07 Å². The molecule has 1 heterocycles. The molecule has 98 valence electrons. The van der Waals surface area contributed by atoms with Crippen LogP contribution in [-0.4, -0.2) is 15.0 Å². The van der Waals surface area contributed by atoms with Gasteiger partial charge in [-0.2, -0.15) is 15.0 Å². The van der Waals surface area contributed by atoms with Crippen molar-refractivity contribution < 1.29 is 4.39 Å². The van der Waals surface area contributed by atoms with Gasteiger partial charge in [-0.1, -0.05) is 6.07 Å². The van der Waals surface area contributed by atoms with E-state index in [4.69, 9.17) is 5.73 Å². The molecule has 1 aromatic carbocycles. The van der Waals surface area contributed by atoms with Crippen LogP contribution >= 0.6 is 0 Å². The van der Waals surface area contributed by atoms with E-state index in [1.54, 1.807) is 13.0 Å². The average molecular weight is 259 g/mol. The fraction of sp³-hybridized carbons (Fsp3) is 0.308. The van der Waals surface area contributed by atoms with Crippen molar-refractivity contribution in [2.75, 3.05) is 11.1 Å². The number of benzene rings is 1. The maximum absolute atomic E-state index is 13.3. The van der Waals surface area contributed by atoms with Crippen molar-refractivity contribution in [3.63, 3.8) is 0 Å². The molecule has 5 nitrogen and oxygen atoms in total. The number of nitrogens with two attached hydrogens (primary N) is 1. The summed E-state index contributed by atoms with van der Waals surface area (Å²) in [7, 11) is 0. The van der Waals surface area contributed by atoms with Crippen LogP contribution in [0.2, 0.25) is 0 Å². The Morgan fingerprint density at radius 2 is 2.16 bits per heavy atom. The van der Waals surface area contributed by atoms with Crippen molar-refractivity contribution in [3.05, 3.63) is 41.0 Å². The summed E-state index contributed by atoms with van der Waals surface area (Å²) < 4.78 is 13.3. The number of nitrogens with zero attached hydrogens (tertiary/aromatic N) is 3. The molecular weight excluding hydrogens is 245 g/mol. The Labute approximate surface area is 110 Å². The molecular formula is C13H14FN5. The molecule has 0 saturated heterocycles. The summed E-state index contributed by atoms with van der Waals surface area (Å²) in [4.78, 5) is 12.2. The van der Waals surface area contributed by atoms with E-state index in [1.165, 1.54) is 6.07 Å². The van der Waals surface area contributed by atoms with Gasteiger partial charge < -0.3 is 11.1 Å². The summed E-state index contributed by atoms with van der Waals surface area (Å²) in [5.41, 5.74) is 7.72. The van der Waals surface area contributed by atoms with Gasteiger partial charge in [0.1, 0.15) is 11.6 Å². The molecule has 1 aromatic heterocycles. The van der Waals surface area contributed by atoms with Gasteiger partial charge in [0.05, 0.1) is 6.04 Å². The lowest BCUT2D eigenvalue weighted by molar-refractivity contribution is 0.623. The Kier molecular flexibility index (Phi) is 2.77. The topological polar surface area (TPSA) is 76.7 Å². The van der Waals surface area contributed by atoms with Gasteiger partial charge in [-0.05, 0) is 43.0 Å². The lowest BCUT2D eigenvalue weighted by Crippen LogP contribution is -2.12. The van der Waals surface area contributed by atoms with Crippen LogP contribution in [0, 0.1) is 12.7 Å². The van der Waals surface area contributed by atoms with Gasteiger partial charge >= 0.3 is 0 Å². The number of halogens is 1. The molecule has 1 unspecified atom stereocenters. The molecule has 1 aliphatic rings. The van der Waals surface area contributed by atoms with Gasteiger partial charge in [0.25, 0.3) is 0 Å².